The Morgan fingerprint density at radius 3 is 2.95 bits per heavy atom. The molecule has 1 aromatic rings. The predicted molar refractivity (Wildman–Crippen MR) is 82.4 cm³/mol. The fourth-order valence-electron chi connectivity index (χ4n) is 3.09. The summed E-state index contributed by atoms with van der Waals surface area (Å²) in [5.41, 5.74) is 1.17. The number of carboxylic acids is 1. The molecule has 0 radical (unpaired) electrons. The summed E-state index contributed by atoms with van der Waals surface area (Å²) < 4.78 is 5.49. The monoisotopic (exact) mass is 291 g/mol. The minimum Gasteiger partial charge on any atom is -0.494 e. The highest BCUT2D eigenvalue weighted by Gasteiger charge is 2.30. The third kappa shape index (κ3) is 4.74. The summed E-state index contributed by atoms with van der Waals surface area (Å²) >= 11 is 0. The molecule has 4 nitrogen and oxygen atoms in total. The maximum absolute atomic E-state index is 11.3. The maximum Gasteiger partial charge on any atom is 0.306 e. The minimum absolute atomic E-state index is 0.180. The van der Waals surface area contributed by atoms with Crippen molar-refractivity contribution in [2.45, 2.75) is 39.2 Å². The van der Waals surface area contributed by atoms with E-state index in [0.717, 1.165) is 44.5 Å². The van der Waals surface area contributed by atoms with Crippen molar-refractivity contribution < 1.29 is 14.6 Å². The van der Waals surface area contributed by atoms with Crippen molar-refractivity contribution in [3.05, 3.63) is 29.8 Å². The van der Waals surface area contributed by atoms with Crippen molar-refractivity contribution in [1.29, 1.82) is 0 Å². The molecule has 21 heavy (non-hydrogen) atoms. The molecule has 0 aromatic heterocycles. The fourth-order valence-corrected chi connectivity index (χ4v) is 3.09. The molecule has 1 aromatic carbocycles. The summed E-state index contributed by atoms with van der Waals surface area (Å²) in [6.07, 6.45) is 4.03. The first-order valence-corrected chi connectivity index (χ1v) is 7.86. The molecule has 2 N–H and O–H groups in total. The van der Waals surface area contributed by atoms with Gasteiger partial charge in [0.1, 0.15) is 5.75 Å². The van der Waals surface area contributed by atoms with Crippen LogP contribution >= 0.6 is 0 Å². The lowest BCUT2D eigenvalue weighted by Gasteiger charge is -2.28. The molecule has 1 saturated carbocycles. The second-order valence-electron chi connectivity index (χ2n) is 5.70. The van der Waals surface area contributed by atoms with Gasteiger partial charge in [0.2, 0.25) is 0 Å². The Labute approximate surface area is 126 Å². The molecule has 0 spiro atoms. The van der Waals surface area contributed by atoms with Crippen LogP contribution in [0.25, 0.3) is 0 Å². The third-order valence-corrected chi connectivity index (χ3v) is 4.17. The predicted octanol–water partition coefficient (Wildman–Crippen LogP) is 3.07. The number of carbonyl (C=O) groups is 1. The number of rotatable bonds is 7. The van der Waals surface area contributed by atoms with Crippen molar-refractivity contribution >= 4 is 5.97 Å². The molecule has 2 unspecified atom stereocenters. The van der Waals surface area contributed by atoms with Crippen LogP contribution in [0, 0.1) is 11.8 Å². The molecule has 1 fully saturated rings. The third-order valence-electron chi connectivity index (χ3n) is 4.17. The SMILES string of the molecule is CCOc1cccc(CNCC2CCCCC2C(=O)O)c1. The molecule has 2 atom stereocenters. The average molecular weight is 291 g/mol. The van der Waals surface area contributed by atoms with Gasteiger partial charge in [0, 0.05) is 6.54 Å². The zero-order chi connectivity index (χ0) is 15.1. The van der Waals surface area contributed by atoms with Gasteiger partial charge in [-0.25, -0.2) is 0 Å². The van der Waals surface area contributed by atoms with E-state index in [1.165, 1.54) is 5.56 Å². The first-order valence-electron chi connectivity index (χ1n) is 7.86. The quantitative estimate of drug-likeness (QED) is 0.810. The second kappa shape index (κ2) is 8.03. The Balaban J connectivity index is 1.82. The number of hydrogen-bond donors (Lipinski definition) is 2. The molecule has 0 bridgehead atoms. The van der Waals surface area contributed by atoms with Gasteiger partial charge in [-0.2, -0.15) is 0 Å². The fraction of sp³-hybridized carbons (Fsp3) is 0.588. The van der Waals surface area contributed by atoms with Crippen molar-refractivity contribution in [3.8, 4) is 5.75 Å². The van der Waals surface area contributed by atoms with Crippen LogP contribution in [0.5, 0.6) is 5.75 Å². The molecule has 1 aliphatic rings. The van der Waals surface area contributed by atoms with Gasteiger partial charge in [-0.05, 0) is 49.9 Å². The molecule has 0 amide bonds. The van der Waals surface area contributed by atoms with Crippen LogP contribution in [0.1, 0.15) is 38.2 Å². The Bertz CT molecular complexity index is 461. The van der Waals surface area contributed by atoms with Crippen LogP contribution in [0.2, 0.25) is 0 Å². The van der Waals surface area contributed by atoms with E-state index in [9.17, 15) is 9.90 Å². The van der Waals surface area contributed by atoms with Gasteiger partial charge >= 0.3 is 5.97 Å². The average Bonchev–Trinajstić information content (AvgIpc) is 2.48. The summed E-state index contributed by atoms with van der Waals surface area (Å²) in [5, 5.41) is 12.7. The Hall–Kier alpha value is -1.55. The molecule has 1 aliphatic carbocycles. The van der Waals surface area contributed by atoms with E-state index in [-0.39, 0.29) is 11.8 Å². The van der Waals surface area contributed by atoms with Gasteiger partial charge in [0.05, 0.1) is 12.5 Å². The molecule has 0 aliphatic heterocycles. The largest absolute Gasteiger partial charge is 0.494 e. The lowest BCUT2D eigenvalue weighted by Crippen LogP contribution is -2.34. The molecule has 0 heterocycles. The molecule has 0 saturated heterocycles. The van der Waals surface area contributed by atoms with Crippen molar-refractivity contribution in [2.75, 3.05) is 13.2 Å². The van der Waals surface area contributed by atoms with Crippen LogP contribution in [0.3, 0.4) is 0 Å². The number of carboxylic acid groups (broad SMARTS) is 1. The van der Waals surface area contributed by atoms with E-state index < -0.39 is 5.97 Å². The van der Waals surface area contributed by atoms with Crippen LogP contribution in [-0.2, 0) is 11.3 Å². The van der Waals surface area contributed by atoms with Gasteiger partial charge in [0.25, 0.3) is 0 Å². The highest BCUT2D eigenvalue weighted by Crippen LogP contribution is 2.29. The Morgan fingerprint density at radius 1 is 1.38 bits per heavy atom. The summed E-state index contributed by atoms with van der Waals surface area (Å²) in [7, 11) is 0. The summed E-state index contributed by atoms with van der Waals surface area (Å²) in [6, 6.07) is 8.04. The van der Waals surface area contributed by atoms with Crippen molar-refractivity contribution in [2.24, 2.45) is 11.8 Å². The smallest absolute Gasteiger partial charge is 0.306 e. The Morgan fingerprint density at radius 2 is 2.19 bits per heavy atom. The van der Waals surface area contributed by atoms with E-state index in [1.54, 1.807) is 0 Å². The van der Waals surface area contributed by atoms with Gasteiger partial charge in [-0.15, -0.1) is 0 Å². The first-order chi connectivity index (χ1) is 10.2. The van der Waals surface area contributed by atoms with E-state index in [4.69, 9.17) is 4.74 Å². The molecule has 2 rings (SSSR count). The highest BCUT2D eigenvalue weighted by atomic mass is 16.5. The first kappa shape index (κ1) is 15.8. The number of aliphatic carboxylic acids is 1. The number of nitrogens with one attached hydrogen (secondary N) is 1. The minimum atomic E-state index is -0.639. The van der Waals surface area contributed by atoms with E-state index >= 15 is 0 Å². The van der Waals surface area contributed by atoms with Crippen LogP contribution < -0.4 is 10.1 Å². The summed E-state index contributed by atoms with van der Waals surface area (Å²) in [6.45, 7) is 4.17. The summed E-state index contributed by atoms with van der Waals surface area (Å²) in [5.74, 6) is 0.324. The number of ether oxygens (including phenoxy) is 1. The van der Waals surface area contributed by atoms with Gasteiger partial charge < -0.3 is 15.2 Å². The zero-order valence-corrected chi connectivity index (χ0v) is 12.7. The Kier molecular flexibility index (Phi) is 6.05. The van der Waals surface area contributed by atoms with E-state index in [1.807, 2.05) is 25.1 Å². The van der Waals surface area contributed by atoms with Crippen LogP contribution in [-0.4, -0.2) is 24.2 Å². The van der Waals surface area contributed by atoms with Gasteiger partial charge in [0.15, 0.2) is 0 Å². The molecular weight excluding hydrogens is 266 g/mol. The molecular formula is C17H25NO3. The van der Waals surface area contributed by atoms with Gasteiger partial charge in [-0.3, -0.25) is 4.79 Å². The van der Waals surface area contributed by atoms with E-state index in [2.05, 4.69) is 11.4 Å². The summed E-state index contributed by atoms with van der Waals surface area (Å²) in [4.78, 5) is 11.3. The van der Waals surface area contributed by atoms with Crippen LogP contribution in [0.4, 0.5) is 0 Å². The standard InChI is InChI=1S/C17H25NO3/c1-2-21-15-8-5-6-13(10-15)11-18-12-14-7-3-4-9-16(14)17(19)20/h5-6,8,10,14,16,18H,2-4,7,9,11-12H2,1H3,(H,19,20). The number of benzene rings is 1. The molecule has 4 heteroatoms. The van der Waals surface area contributed by atoms with Crippen molar-refractivity contribution in [3.63, 3.8) is 0 Å². The molecule has 116 valence electrons. The maximum atomic E-state index is 11.3. The number of hydrogen-bond acceptors (Lipinski definition) is 3. The zero-order valence-electron chi connectivity index (χ0n) is 12.7. The van der Waals surface area contributed by atoms with Crippen molar-refractivity contribution in [1.82, 2.24) is 5.32 Å². The normalized spacial score (nSPS) is 22.0. The van der Waals surface area contributed by atoms with Gasteiger partial charge in [-0.1, -0.05) is 25.0 Å². The van der Waals surface area contributed by atoms with E-state index in [0.29, 0.717) is 6.61 Å². The second-order valence-corrected chi connectivity index (χ2v) is 5.70. The lowest BCUT2D eigenvalue weighted by molar-refractivity contribution is -0.144. The highest BCUT2D eigenvalue weighted by molar-refractivity contribution is 5.70. The topological polar surface area (TPSA) is 58.6 Å². The lowest BCUT2D eigenvalue weighted by atomic mass is 9.79. The van der Waals surface area contributed by atoms with Crippen LogP contribution in [0.15, 0.2) is 24.3 Å².